The van der Waals surface area contributed by atoms with Crippen LogP contribution in [0.4, 0.5) is 0 Å². The lowest BCUT2D eigenvalue weighted by Crippen LogP contribution is -1.94. The maximum atomic E-state index is 8.16. The first-order chi connectivity index (χ1) is 3.31. The van der Waals surface area contributed by atoms with Crippen LogP contribution in [0, 0.1) is 11.3 Å². The smallest absolute Gasteiger partial charge is 0.110 e. The zero-order valence-corrected chi connectivity index (χ0v) is 6.42. The first-order valence-corrected chi connectivity index (χ1v) is 4.15. The minimum Gasteiger partial charge on any atom is -0.197 e. The van der Waals surface area contributed by atoms with Gasteiger partial charge in [-0.3, -0.25) is 0 Å². The normalized spacial score (nSPS) is 12.7. The Balaban J connectivity index is 3.04. The average molecular weight is 180 g/mol. The summed E-state index contributed by atoms with van der Waals surface area (Å²) in [4.78, 5) is 0.0301. The molecule has 0 fully saturated rings. The Morgan fingerprint density at radius 1 is 2.00 bits per heavy atom. The van der Waals surface area contributed by atoms with E-state index in [9.17, 15) is 0 Å². The highest BCUT2D eigenvalue weighted by molar-refractivity contribution is 9.09. The molecule has 1 nitrogen and oxygen atoms in total. The molecule has 0 bridgehead atoms. The van der Waals surface area contributed by atoms with Gasteiger partial charge in [0.15, 0.2) is 0 Å². The molecular formula is C4H6BrNS. The number of nitrogens with zero attached hydrogens (tertiary/aromatic N) is 1. The summed E-state index contributed by atoms with van der Waals surface area (Å²) < 4.78 is 0. The van der Waals surface area contributed by atoms with Crippen molar-refractivity contribution in [1.29, 1.82) is 5.26 Å². The van der Waals surface area contributed by atoms with Gasteiger partial charge in [0.25, 0.3) is 0 Å². The molecule has 0 saturated heterocycles. The summed E-state index contributed by atoms with van der Waals surface area (Å²) in [5.41, 5.74) is 0. The molecule has 0 aromatic heterocycles. The third-order valence-corrected chi connectivity index (χ3v) is 2.08. The maximum absolute atomic E-state index is 8.16. The Hall–Kier alpha value is 0.320. The van der Waals surface area contributed by atoms with E-state index in [0.29, 0.717) is 0 Å². The van der Waals surface area contributed by atoms with Crippen LogP contribution in [0.25, 0.3) is 0 Å². The highest BCUT2D eigenvalue weighted by Gasteiger charge is 1.95. The van der Waals surface area contributed by atoms with E-state index in [1.165, 1.54) is 0 Å². The number of halogens is 1. The first-order valence-electron chi connectivity index (χ1n) is 1.84. The summed E-state index contributed by atoms with van der Waals surface area (Å²) in [6.07, 6.45) is 1.98. The molecule has 40 valence electrons. The summed E-state index contributed by atoms with van der Waals surface area (Å²) in [7, 11) is 0. The molecule has 0 spiro atoms. The molecule has 0 N–H and O–H groups in total. The number of thioether (sulfide) groups is 1. The van der Waals surface area contributed by atoms with Gasteiger partial charge in [0.05, 0.1) is 6.07 Å². The Bertz CT molecular complexity index is 78.2. The van der Waals surface area contributed by atoms with E-state index in [1.807, 2.05) is 6.26 Å². The number of hydrogen-bond donors (Lipinski definition) is 0. The Morgan fingerprint density at radius 2 is 2.57 bits per heavy atom. The molecule has 0 saturated carbocycles. The molecule has 0 aliphatic carbocycles. The highest BCUT2D eigenvalue weighted by Crippen LogP contribution is 2.03. The maximum Gasteiger partial charge on any atom is 0.110 e. The lowest BCUT2D eigenvalue weighted by atomic mass is 10.6. The molecule has 3 heteroatoms. The van der Waals surface area contributed by atoms with E-state index < -0.39 is 0 Å². The summed E-state index contributed by atoms with van der Waals surface area (Å²) in [6.45, 7) is 0. The largest absolute Gasteiger partial charge is 0.197 e. The topological polar surface area (TPSA) is 23.8 Å². The average Bonchev–Trinajstić information content (AvgIpc) is 1.68. The van der Waals surface area contributed by atoms with Gasteiger partial charge in [-0.15, -0.1) is 0 Å². The van der Waals surface area contributed by atoms with Crippen LogP contribution in [0.1, 0.15) is 0 Å². The van der Waals surface area contributed by atoms with Crippen molar-refractivity contribution in [2.45, 2.75) is 4.83 Å². The van der Waals surface area contributed by atoms with Gasteiger partial charge < -0.3 is 0 Å². The van der Waals surface area contributed by atoms with Crippen LogP contribution in [-0.4, -0.2) is 16.8 Å². The van der Waals surface area contributed by atoms with E-state index in [1.54, 1.807) is 11.8 Å². The van der Waals surface area contributed by atoms with Gasteiger partial charge >= 0.3 is 0 Å². The predicted octanol–water partition coefficient (Wildman–Crippen LogP) is 1.64. The van der Waals surface area contributed by atoms with Crippen molar-refractivity contribution in [2.24, 2.45) is 0 Å². The van der Waals surface area contributed by atoms with Crippen LogP contribution in [0.15, 0.2) is 0 Å². The van der Waals surface area contributed by atoms with Gasteiger partial charge in [0, 0.05) is 5.75 Å². The van der Waals surface area contributed by atoms with Gasteiger partial charge in [0.2, 0.25) is 0 Å². The van der Waals surface area contributed by atoms with Crippen molar-refractivity contribution in [3.8, 4) is 6.07 Å². The van der Waals surface area contributed by atoms with Crippen LogP contribution < -0.4 is 0 Å². The van der Waals surface area contributed by atoms with Gasteiger partial charge in [-0.05, 0) is 6.26 Å². The second-order valence-corrected chi connectivity index (χ2v) is 3.07. The summed E-state index contributed by atoms with van der Waals surface area (Å²) in [5, 5.41) is 8.16. The first kappa shape index (κ1) is 7.32. The molecule has 0 aliphatic rings. The van der Waals surface area contributed by atoms with Gasteiger partial charge in [-0.2, -0.15) is 17.0 Å². The molecule has 1 atom stereocenters. The molecule has 0 heterocycles. The molecule has 0 aromatic carbocycles. The Morgan fingerprint density at radius 3 is 2.71 bits per heavy atom. The van der Waals surface area contributed by atoms with Crippen LogP contribution in [-0.2, 0) is 0 Å². The molecule has 0 rings (SSSR count). The van der Waals surface area contributed by atoms with E-state index in [4.69, 9.17) is 5.26 Å². The van der Waals surface area contributed by atoms with Crippen LogP contribution in [0.3, 0.4) is 0 Å². The van der Waals surface area contributed by atoms with Crippen molar-refractivity contribution in [1.82, 2.24) is 0 Å². The zero-order chi connectivity index (χ0) is 5.70. The molecule has 0 aliphatic heterocycles. The Labute approximate surface area is 56.2 Å². The summed E-state index contributed by atoms with van der Waals surface area (Å²) in [6, 6.07) is 2.06. The van der Waals surface area contributed by atoms with E-state index >= 15 is 0 Å². The molecule has 0 radical (unpaired) electrons. The van der Waals surface area contributed by atoms with Crippen molar-refractivity contribution < 1.29 is 0 Å². The van der Waals surface area contributed by atoms with Gasteiger partial charge in [-0.25, -0.2) is 0 Å². The SMILES string of the molecule is CSCC(Br)C#N. The molecule has 7 heavy (non-hydrogen) atoms. The van der Waals surface area contributed by atoms with Gasteiger partial charge in [-0.1, -0.05) is 15.9 Å². The van der Waals surface area contributed by atoms with Crippen LogP contribution in [0.5, 0.6) is 0 Å². The minimum absolute atomic E-state index is 0.0301. The van der Waals surface area contributed by atoms with Crippen molar-refractivity contribution in [3.63, 3.8) is 0 Å². The molecule has 0 amide bonds. The number of hydrogen-bond acceptors (Lipinski definition) is 2. The quantitative estimate of drug-likeness (QED) is 0.603. The fourth-order valence-electron chi connectivity index (χ4n) is 0.184. The van der Waals surface area contributed by atoms with E-state index in [0.717, 1.165) is 5.75 Å². The lowest BCUT2D eigenvalue weighted by molar-refractivity contribution is 1.28. The second-order valence-electron chi connectivity index (χ2n) is 1.05. The van der Waals surface area contributed by atoms with Gasteiger partial charge in [0.1, 0.15) is 4.83 Å². The van der Waals surface area contributed by atoms with Crippen molar-refractivity contribution in [2.75, 3.05) is 12.0 Å². The number of nitriles is 1. The molecule has 0 aromatic rings. The highest BCUT2D eigenvalue weighted by atomic mass is 79.9. The summed E-state index contributed by atoms with van der Waals surface area (Å²) in [5.74, 6) is 0.872. The van der Waals surface area contributed by atoms with Crippen LogP contribution in [0.2, 0.25) is 0 Å². The fraction of sp³-hybridized carbons (Fsp3) is 0.750. The zero-order valence-electron chi connectivity index (χ0n) is 4.02. The number of alkyl halides is 1. The predicted molar refractivity (Wildman–Crippen MR) is 36.7 cm³/mol. The fourth-order valence-corrected chi connectivity index (χ4v) is 1.34. The van der Waals surface area contributed by atoms with Crippen molar-refractivity contribution in [3.05, 3.63) is 0 Å². The van der Waals surface area contributed by atoms with E-state index in [-0.39, 0.29) is 4.83 Å². The minimum atomic E-state index is 0.0301. The standard InChI is InChI=1S/C4H6BrNS/c1-7-3-4(5)2-6/h4H,3H2,1H3. The second kappa shape index (κ2) is 4.48. The number of rotatable bonds is 2. The van der Waals surface area contributed by atoms with Crippen molar-refractivity contribution >= 4 is 27.7 Å². The lowest BCUT2D eigenvalue weighted by Gasteiger charge is -1.90. The monoisotopic (exact) mass is 179 g/mol. The molecular weight excluding hydrogens is 174 g/mol. The van der Waals surface area contributed by atoms with E-state index in [2.05, 4.69) is 22.0 Å². The molecule has 1 unspecified atom stereocenters. The summed E-state index contributed by atoms with van der Waals surface area (Å²) >= 11 is 4.82. The third-order valence-electron chi connectivity index (χ3n) is 0.453. The third kappa shape index (κ3) is 4.17. The Kier molecular flexibility index (Phi) is 4.68. The van der Waals surface area contributed by atoms with Crippen LogP contribution >= 0.6 is 27.7 Å².